The Balaban J connectivity index is 1.74. The summed E-state index contributed by atoms with van der Waals surface area (Å²) in [7, 11) is 0. The molecular formula is C35H46FNO6. The van der Waals surface area contributed by atoms with E-state index in [-0.39, 0.29) is 18.9 Å². The summed E-state index contributed by atoms with van der Waals surface area (Å²) in [4.78, 5) is 29.2. The summed E-state index contributed by atoms with van der Waals surface area (Å²) in [5.74, 6) is -0.0920. The maximum absolute atomic E-state index is 15.7. The maximum Gasteiger partial charge on any atom is 0.339 e. The fraction of sp³-hybridized carbons (Fsp3) is 0.600. The van der Waals surface area contributed by atoms with Gasteiger partial charge in [0.25, 0.3) is 0 Å². The lowest BCUT2D eigenvalue weighted by Crippen LogP contribution is -2.41. The first kappa shape index (κ1) is 31.5. The third-order valence-corrected chi connectivity index (χ3v) is 9.11. The first-order valence-corrected chi connectivity index (χ1v) is 15.7. The van der Waals surface area contributed by atoms with E-state index in [1.807, 2.05) is 46.4 Å². The summed E-state index contributed by atoms with van der Waals surface area (Å²) < 4.78 is 39.0. The van der Waals surface area contributed by atoms with Gasteiger partial charge in [-0.25, -0.2) is 9.18 Å². The van der Waals surface area contributed by atoms with Crippen LogP contribution in [-0.2, 0) is 43.2 Å². The minimum atomic E-state index is -1.05. The third kappa shape index (κ3) is 6.32. The Morgan fingerprint density at radius 3 is 2.47 bits per heavy atom. The molecule has 8 heteroatoms. The number of rotatable bonds is 7. The molecule has 5 rings (SSSR count). The lowest BCUT2D eigenvalue weighted by molar-refractivity contribution is -0.166. The van der Waals surface area contributed by atoms with E-state index in [0.29, 0.717) is 36.9 Å². The summed E-state index contributed by atoms with van der Waals surface area (Å²) in [6.45, 7) is 16.8. The SMILES string of the molecule is CCOC(=O)[C@@H](OC(C)(C)C)c1c(C)c2c(c(C)c1-c1cc(F)c3c(c1C)CCCO3)CN(CC1CCOCC1)C(=O)C2. The van der Waals surface area contributed by atoms with Crippen molar-refractivity contribution in [3.63, 3.8) is 0 Å². The molecule has 3 aliphatic rings. The van der Waals surface area contributed by atoms with E-state index in [2.05, 4.69) is 0 Å². The second-order valence-electron chi connectivity index (χ2n) is 13.2. The fourth-order valence-corrected chi connectivity index (χ4v) is 6.95. The number of hydrogen-bond donors (Lipinski definition) is 0. The van der Waals surface area contributed by atoms with Crippen molar-refractivity contribution in [1.82, 2.24) is 4.90 Å². The van der Waals surface area contributed by atoms with Gasteiger partial charge in [0.15, 0.2) is 17.7 Å². The first-order chi connectivity index (χ1) is 20.4. The Kier molecular flexibility index (Phi) is 9.19. The van der Waals surface area contributed by atoms with Gasteiger partial charge in [-0.05, 0) is 125 Å². The molecule has 0 radical (unpaired) electrons. The Bertz CT molecular complexity index is 1400. The van der Waals surface area contributed by atoms with E-state index in [1.54, 1.807) is 13.0 Å². The van der Waals surface area contributed by atoms with Crippen molar-refractivity contribution in [2.24, 2.45) is 5.92 Å². The van der Waals surface area contributed by atoms with Crippen LogP contribution in [0, 0.1) is 32.5 Å². The van der Waals surface area contributed by atoms with Gasteiger partial charge in [-0.3, -0.25) is 4.79 Å². The van der Waals surface area contributed by atoms with Gasteiger partial charge in [-0.2, -0.15) is 0 Å². The largest absolute Gasteiger partial charge is 0.490 e. The van der Waals surface area contributed by atoms with Gasteiger partial charge in [0.1, 0.15) is 0 Å². The smallest absolute Gasteiger partial charge is 0.339 e. The molecule has 0 aromatic heterocycles. The highest BCUT2D eigenvalue weighted by Crippen LogP contribution is 2.46. The van der Waals surface area contributed by atoms with Gasteiger partial charge in [0, 0.05) is 37.4 Å². The van der Waals surface area contributed by atoms with Crippen molar-refractivity contribution in [2.45, 2.75) is 98.8 Å². The van der Waals surface area contributed by atoms with Gasteiger partial charge >= 0.3 is 5.97 Å². The Hall–Kier alpha value is -2.97. The third-order valence-electron chi connectivity index (χ3n) is 9.11. The first-order valence-electron chi connectivity index (χ1n) is 15.7. The summed E-state index contributed by atoms with van der Waals surface area (Å²) >= 11 is 0. The lowest BCUT2D eigenvalue weighted by atomic mass is 9.78. The van der Waals surface area contributed by atoms with Gasteiger partial charge in [-0.15, -0.1) is 0 Å². The molecule has 2 aromatic rings. The van der Waals surface area contributed by atoms with Gasteiger partial charge in [0.05, 0.1) is 25.2 Å². The number of carbonyl (C=O) groups is 2. The van der Waals surface area contributed by atoms with Crippen LogP contribution in [0.25, 0.3) is 11.1 Å². The summed E-state index contributed by atoms with van der Waals surface area (Å²) in [6.07, 6.45) is 2.61. The molecule has 3 heterocycles. The second kappa shape index (κ2) is 12.6. The van der Waals surface area contributed by atoms with Crippen LogP contribution in [0.15, 0.2) is 6.07 Å². The molecule has 0 saturated carbocycles. The molecule has 1 saturated heterocycles. The quantitative estimate of drug-likeness (QED) is 0.342. The van der Waals surface area contributed by atoms with E-state index in [1.165, 1.54) is 0 Å². The van der Waals surface area contributed by atoms with Crippen LogP contribution >= 0.6 is 0 Å². The molecule has 234 valence electrons. The Morgan fingerprint density at radius 1 is 1.07 bits per heavy atom. The van der Waals surface area contributed by atoms with Crippen LogP contribution in [0.1, 0.15) is 92.0 Å². The molecule has 43 heavy (non-hydrogen) atoms. The van der Waals surface area contributed by atoms with Crippen molar-refractivity contribution < 1.29 is 32.9 Å². The summed E-state index contributed by atoms with van der Waals surface area (Å²) in [5, 5.41) is 0. The van der Waals surface area contributed by atoms with Crippen molar-refractivity contribution in [2.75, 3.05) is 33.0 Å². The van der Waals surface area contributed by atoms with Crippen LogP contribution < -0.4 is 4.74 Å². The average molecular weight is 596 g/mol. The molecule has 2 aromatic carbocycles. The van der Waals surface area contributed by atoms with Crippen molar-refractivity contribution in [3.8, 4) is 16.9 Å². The van der Waals surface area contributed by atoms with Gasteiger partial charge in [0.2, 0.25) is 5.91 Å². The molecule has 0 unspecified atom stereocenters. The van der Waals surface area contributed by atoms with Crippen LogP contribution in [0.4, 0.5) is 4.39 Å². The standard InChI is InChI=1S/C35H46FNO6/c1-8-41-34(39)33(43-35(5,6)7)31-21(3)25-17-29(38)37(18-23-11-14-40-15-12-23)19-27(25)22(4)30(31)26-16-28(36)32-24(20(26)2)10-9-13-42-32/h16,23,33H,8-15,17-19H2,1-7H3/t33-/m0/s1. The predicted molar refractivity (Wildman–Crippen MR) is 163 cm³/mol. The lowest BCUT2D eigenvalue weighted by Gasteiger charge is -2.37. The van der Waals surface area contributed by atoms with E-state index < -0.39 is 23.5 Å². The number of fused-ring (bicyclic) bond motifs is 2. The number of ether oxygens (including phenoxy) is 4. The average Bonchev–Trinajstić information content (AvgIpc) is 2.97. The number of halogens is 1. The zero-order chi connectivity index (χ0) is 31.1. The summed E-state index contributed by atoms with van der Waals surface area (Å²) in [6, 6.07) is 1.55. The Morgan fingerprint density at radius 2 is 1.79 bits per heavy atom. The molecule has 7 nitrogen and oxygen atoms in total. The zero-order valence-corrected chi connectivity index (χ0v) is 26.8. The number of amides is 1. The highest BCUT2D eigenvalue weighted by Gasteiger charge is 2.38. The van der Waals surface area contributed by atoms with Crippen LogP contribution in [0.2, 0.25) is 0 Å². The van der Waals surface area contributed by atoms with E-state index >= 15 is 4.39 Å². The van der Waals surface area contributed by atoms with Crippen LogP contribution in [0.3, 0.4) is 0 Å². The molecule has 3 aliphatic heterocycles. The van der Waals surface area contributed by atoms with Gasteiger partial charge < -0.3 is 23.8 Å². The monoisotopic (exact) mass is 595 g/mol. The number of benzene rings is 2. The molecule has 1 fully saturated rings. The minimum Gasteiger partial charge on any atom is -0.490 e. The molecule has 0 aliphatic carbocycles. The second-order valence-corrected chi connectivity index (χ2v) is 13.2. The molecule has 0 N–H and O–H groups in total. The van der Waals surface area contributed by atoms with E-state index in [4.69, 9.17) is 18.9 Å². The van der Waals surface area contributed by atoms with Crippen LogP contribution in [-0.4, -0.2) is 55.3 Å². The van der Waals surface area contributed by atoms with Crippen molar-refractivity contribution >= 4 is 11.9 Å². The summed E-state index contributed by atoms with van der Waals surface area (Å²) in [5.41, 5.74) is 7.03. The van der Waals surface area contributed by atoms with E-state index in [9.17, 15) is 9.59 Å². The molecule has 0 bridgehead atoms. The topological polar surface area (TPSA) is 74.3 Å². The highest BCUT2D eigenvalue weighted by molar-refractivity contribution is 5.89. The normalized spacial score (nSPS) is 18.1. The number of nitrogens with zero attached hydrogens (tertiary/aromatic N) is 1. The number of hydrogen-bond acceptors (Lipinski definition) is 6. The number of esters is 1. The van der Waals surface area contributed by atoms with Crippen molar-refractivity contribution in [3.05, 3.63) is 50.8 Å². The number of carbonyl (C=O) groups excluding carboxylic acids is 2. The Labute approximate surface area is 255 Å². The fourth-order valence-electron chi connectivity index (χ4n) is 6.95. The maximum atomic E-state index is 15.7. The molecular weight excluding hydrogens is 549 g/mol. The molecule has 0 spiro atoms. The van der Waals surface area contributed by atoms with E-state index in [0.717, 1.165) is 83.4 Å². The highest BCUT2D eigenvalue weighted by atomic mass is 19.1. The molecule has 1 amide bonds. The predicted octanol–water partition coefficient (Wildman–Crippen LogP) is 6.47. The van der Waals surface area contributed by atoms with Gasteiger partial charge in [-0.1, -0.05) is 0 Å². The minimum absolute atomic E-state index is 0.0813. The van der Waals surface area contributed by atoms with Crippen LogP contribution in [0.5, 0.6) is 5.75 Å². The zero-order valence-electron chi connectivity index (χ0n) is 26.8. The molecule has 1 atom stereocenters. The van der Waals surface area contributed by atoms with Crippen molar-refractivity contribution in [1.29, 1.82) is 0 Å².